The van der Waals surface area contributed by atoms with Gasteiger partial charge in [0.15, 0.2) is 0 Å². The van der Waals surface area contributed by atoms with Gasteiger partial charge in [-0.3, -0.25) is 24.1 Å². The summed E-state index contributed by atoms with van der Waals surface area (Å²) in [7, 11) is 4.11. The Morgan fingerprint density at radius 1 is 0.864 bits per heavy atom. The fourth-order valence-electron chi connectivity index (χ4n) is 9.62. The first-order valence-corrected chi connectivity index (χ1v) is 21.0. The van der Waals surface area contributed by atoms with E-state index in [4.69, 9.17) is 0 Å². The smallest absolute Gasteiger partial charge is 0.256 e. The van der Waals surface area contributed by atoms with Crippen molar-refractivity contribution in [3.8, 4) is 5.75 Å². The van der Waals surface area contributed by atoms with E-state index >= 15 is 0 Å². The van der Waals surface area contributed by atoms with Crippen LogP contribution in [-0.4, -0.2) is 152 Å². The maximum atomic E-state index is 14.8. The molecule has 1 aromatic heterocycles. The summed E-state index contributed by atoms with van der Waals surface area (Å²) in [5.41, 5.74) is 4.21. The number of phenols is 1. The zero-order valence-electron chi connectivity index (χ0n) is 34.3. The molecule has 0 saturated carbocycles. The molecular weight excluding hydrogens is 745 g/mol. The molecule has 3 aromatic carbocycles. The highest BCUT2D eigenvalue weighted by Crippen LogP contribution is 2.33. The number of hydrazine groups is 1. The SMILES string of the molecule is C=CCN1CC(=O)N2[C@@H](Cc3ccc(O)cc3)C(=O)N(Cc3cccc4c(C(=O)N5CCC(N6CCN(C)CC6)CC5)cn(C)c34)C[C@@H]2N1C(=O)CCc1ccccc1. The van der Waals surface area contributed by atoms with Gasteiger partial charge in [-0.25, -0.2) is 10.0 Å². The standard InChI is InChI=1S/C46H56N8O5/c1-4-21-52-32-43(57)53-40(28-34-13-16-37(55)17-14-34)46(59)51(31-41(53)54(52)42(56)18-15-33-9-6-5-7-10-33)29-35-11-8-12-38-39(30-48(3)44(35)38)45(58)50-22-19-36(20-23-50)49-26-24-47(2)25-27-49/h4-14,16-17,30,36,40-41,55H,1,15,18-29,31-32H2,2-3H3/t40-,41-/m0/s1. The second-order valence-electron chi connectivity index (χ2n) is 16.6. The van der Waals surface area contributed by atoms with Gasteiger partial charge in [-0.05, 0) is 55.1 Å². The lowest BCUT2D eigenvalue weighted by Gasteiger charge is -2.55. The fraction of sp³-hybridized carbons (Fsp3) is 0.435. The number of carbonyl (C=O) groups excluding carboxylic acids is 4. The van der Waals surface area contributed by atoms with E-state index in [9.17, 15) is 24.3 Å². The Balaban J connectivity index is 1.07. The average molecular weight is 801 g/mol. The van der Waals surface area contributed by atoms with Gasteiger partial charge in [-0.1, -0.05) is 66.7 Å². The van der Waals surface area contributed by atoms with Crippen LogP contribution in [0.1, 0.15) is 46.3 Å². The van der Waals surface area contributed by atoms with Crippen molar-refractivity contribution in [3.63, 3.8) is 0 Å². The summed E-state index contributed by atoms with van der Waals surface area (Å²) in [6.45, 7) is 10.2. The molecule has 0 aliphatic carbocycles. The highest BCUT2D eigenvalue weighted by Gasteiger charge is 2.51. The number of para-hydroxylation sites is 1. The number of benzene rings is 3. The number of aromatic nitrogens is 1. The number of hydrogen-bond acceptors (Lipinski definition) is 8. The van der Waals surface area contributed by atoms with Crippen molar-refractivity contribution in [2.45, 2.75) is 56.9 Å². The molecule has 0 radical (unpaired) electrons. The van der Waals surface area contributed by atoms with E-state index in [2.05, 4.69) is 23.4 Å². The molecule has 0 unspecified atom stereocenters. The van der Waals surface area contributed by atoms with Gasteiger partial charge in [-0.2, -0.15) is 0 Å². The summed E-state index contributed by atoms with van der Waals surface area (Å²) in [4.78, 5) is 67.7. The highest BCUT2D eigenvalue weighted by atomic mass is 16.3. The summed E-state index contributed by atoms with van der Waals surface area (Å²) < 4.78 is 1.99. The summed E-state index contributed by atoms with van der Waals surface area (Å²) in [5.74, 6) is -0.466. The largest absolute Gasteiger partial charge is 0.508 e. The minimum Gasteiger partial charge on any atom is -0.508 e. The highest BCUT2D eigenvalue weighted by molar-refractivity contribution is 6.07. The minimum absolute atomic E-state index is 0.0240. The number of piperazine rings is 2. The van der Waals surface area contributed by atoms with E-state index in [1.807, 2.05) is 71.2 Å². The molecule has 4 aromatic rings. The van der Waals surface area contributed by atoms with Gasteiger partial charge in [0.1, 0.15) is 18.0 Å². The molecule has 8 rings (SSSR count). The van der Waals surface area contributed by atoms with E-state index in [1.54, 1.807) is 50.2 Å². The topological polar surface area (TPSA) is 116 Å². The van der Waals surface area contributed by atoms with E-state index < -0.39 is 12.2 Å². The number of likely N-dealkylation sites (N-methyl/N-ethyl adjacent to an activating group) is 1. The van der Waals surface area contributed by atoms with Crippen LogP contribution in [-0.2, 0) is 40.8 Å². The van der Waals surface area contributed by atoms with Gasteiger partial charge in [0, 0.05) is 89.9 Å². The molecule has 59 heavy (non-hydrogen) atoms. The van der Waals surface area contributed by atoms with E-state index in [1.165, 1.54) is 0 Å². The van der Waals surface area contributed by atoms with Gasteiger partial charge in [0.2, 0.25) is 17.7 Å². The van der Waals surface area contributed by atoms with Crippen LogP contribution in [0, 0.1) is 0 Å². The summed E-state index contributed by atoms with van der Waals surface area (Å²) in [6, 6.07) is 22.0. The summed E-state index contributed by atoms with van der Waals surface area (Å²) in [6.07, 6.45) is 5.74. The lowest BCUT2D eigenvalue weighted by Crippen LogP contribution is -2.75. The Kier molecular flexibility index (Phi) is 11.9. The number of aromatic hydroxyl groups is 1. The van der Waals surface area contributed by atoms with Crippen LogP contribution in [0.25, 0.3) is 10.9 Å². The predicted octanol–water partition coefficient (Wildman–Crippen LogP) is 3.72. The van der Waals surface area contributed by atoms with Gasteiger partial charge in [0.05, 0.1) is 24.2 Å². The summed E-state index contributed by atoms with van der Waals surface area (Å²) in [5, 5.41) is 14.3. The van der Waals surface area contributed by atoms with Crippen molar-refractivity contribution in [1.29, 1.82) is 0 Å². The number of amides is 4. The van der Waals surface area contributed by atoms with Crippen LogP contribution in [0.5, 0.6) is 5.75 Å². The van der Waals surface area contributed by atoms with Crippen LogP contribution in [0.4, 0.5) is 0 Å². The molecule has 310 valence electrons. The number of hydrogen-bond donors (Lipinski definition) is 1. The van der Waals surface area contributed by atoms with Gasteiger partial charge in [-0.15, -0.1) is 6.58 Å². The number of carbonyl (C=O) groups is 4. The van der Waals surface area contributed by atoms with Crippen molar-refractivity contribution in [1.82, 2.24) is 39.1 Å². The first-order valence-electron chi connectivity index (χ1n) is 21.0. The Morgan fingerprint density at radius 3 is 2.31 bits per heavy atom. The second kappa shape index (κ2) is 17.4. The summed E-state index contributed by atoms with van der Waals surface area (Å²) >= 11 is 0. The van der Waals surface area contributed by atoms with E-state index in [0.29, 0.717) is 18.0 Å². The number of piperidine rings is 1. The molecule has 4 fully saturated rings. The van der Waals surface area contributed by atoms with Gasteiger partial charge in [0.25, 0.3) is 5.91 Å². The molecule has 4 aliphatic heterocycles. The molecule has 13 nitrogen and oxygen atoms in total. The molecule has 2 atom stereocenters. The van der Waals surface area contributed by atoms with Crippen molar-refractivity contribution >= 4 is 34.5 Å². The zero-order valence-corrected chi connectivity index (χ0v) is 34.3. The molecule has 4 saturated heterocycles. The Hall–Kier alpha value is -5.50. The van der Waals surface area contributed by atoms with Crippen molar-refractivity contribution < 1.29 is 24.3 Å². The molecule has 13 heteroatoms. The third kappa shape index (κ3) is 8.37. The zero-order chi connectivity index (χ0) is 41.2. The number of fused-ring (bicyclic) bond motifs is 2. The van der Waals surface area contributed by atoms with Gasteiger partial charge < -0.3 is 29.3 Å². The molecule has 5 heterocycles. The number of likely N-dealkylation sites (tertiary alicyclic amines) is 1. The number of nitrogens with zero attached hydrogens (tertiary/aromatic N) is 8. The average Bonchev–Trinajstić information content (AvgIpc) is 3.59. The molecule has 4 amide bonds. The number of phenolic OH excluding ortho intramolecular Hbond substituents is 1. The Labute approximate surface area is 346 Å². The monoisotopic (exact) mass is 800 g/mol. The number of aryl methyl sites for hydroxylation is 2. The minimum atomic E-state index is -0.889. The Morgan fingerprint density at radius 2 is 1.59 bits per heavy atom. The molecular formula is C46H56N8O5. The number of rotatable bonds is 11. The van der Waals surface area contributed by atoms with Crippen LogP contribution >= 0.6 is 0 Å². The van der Waals surface area contributed by atoms with Crippen LogP contribution < -0.4 is 0 Å². The maximum absolute atomic E-state index is 14.8. The van der Waals surface area contributed by atoms with Crippen LogP contribution in [0.2, 0.25) is 0 Å². The molecule has 1 N–H and O–H groups in total. The fourth-order valence-corrected chi connectivity index (χ4v) is 9.62. The third-order valence-corrected chi connectivity index (χ3v) is 12.7. The van der Waals surface area contributed by atoms with Crippen molar-refractivity contribution in [2.75, 3.05) is 66.0 Å². The quantitative estimate of drug-likeness (QED) is 0.229. The van der Waals surface area contributed by atoms with E-state index in [-0.39, 0.29) is 68.4 Å². The maximum Gasteiger partial charge on any atom is 0.256 e. The Bertz CT molecular complexity index is 2170. The normalized spacial score (nSPS) is 21.3. The lowest BCUT2D eigenvalue weighted by molar-refractivity contribution is -0.205. The first kappa shape index (κ1) is 40.3. The second-order valence-corrected chi connectivity index (χ2v) is 16.6. The molecule has 0 spiro atoms. The lowest BCUT2D eigenvalue weighted by atomic mass is 9.97. The van der Waals surface area contributed by atoms with Gasteiger partial charge >= 0.3 is 0 Å². The van der Waals surface area contributed by atoms with E-state index in [0.717, 1.165) is 79.7 Å². The van der Waals surface area contributed by atoms with Crippen molar-refractivity contribution in [3.05, 3.63) is 114 Å². The van der Waals surface area contributed by atoms with Crippen LogP contribution in [0.15, 0.2) is 91.6 Å². The molecule has 4 aliphatic rings. The predicted molar refractivity (Wildman–Crippen MR) is 226 cm³/mol. The third-order valence-electron chi connectivity index (χ3n) is 12.7. The van der Waals surface area contributed by atoms with Crippen LogP contribution in [0.3, 0.4) is 0 Å². The molecule has 0 bridgehead atoms. The van der Waals surface area contributed by atoms with Crippen molar-refractivity contribution in [2.24, 2.45) is 7.05 Å². The first-order chi connectivity index (χ1) is 28.6.